The highest BCUT2D eigenvalue weighted by Gasteiger charge is 2.52. The van der Waals surface area contributed by atoms with Crippen LogP contribution in [0.1, 0.15) is 34.3 Å². The minimum Gasteiger partial charge on any atom is -0.341 e. The molecule has 0 saturated carbocycles. The molecule has 0 radical (unpaired) electrons. The van der Waals surface area contributed by atoms with Gasteiger partial charge in [-0.2, -0.15) is 0 Å². The Morgan fingerprint density at radius 2 is 2.19 bits per heavy atom. The third kappa shape index (κ3) is 2.86. The first-order chi connectivity index (χ1) is 13.1. The number of halogens is 1. The molecule has 4 heterocycles. The maximum Gasteiger partial charge on any atom is 0.271 e. The Morgan fingerprint density at radius 3 is 2.96 bits per heavy atom. The highest BCUT2D eigenvalue weighted by atomic mass is 35.5. The van der Waals surface area contributed by atoms with E-state index in [1.807, 2.05) is 30.6 Å². The first-order valence-electron chi connectivity index (χ1n) is 8.83. The Bertz CT molecular complexity index is 980. The van der Waals surface area contributed by atoms with Crippen molar-refractivity contribution in [3.8, 4) is 0 Å². The summed E-state index contributed by atoms with van der Waals surface area (Å²) in [5.74, 6) is 0.788. The second kappa shape index (κ2) is 6.44. The highest BCUT2D eigenvalue weighted by Crippen LogP contribution is 2.45. The minimum absolute atomic E-state index is 0.00683. The van der Waals surface area contributed by atoms with Gasteiger partial charge in [0, 0.05) is 48.9 Å². The summed E-state index contributed by atoms with van der Waals surface area (Å²) in [4.78, 5) is 23.4. The van der Waals surface area contributed by atoms with Crippen molar-refractivity contribution in [3.05, 3.63) is 69.7 Å². The van der Waals surface area contributed by atoms with E-state index in [1.54, 1.807) is 10.9 Å². The van der Waals surface area contributed by atoms with Gasteiger partial charge in [0.2, 0.25) is 0 Å². The number of aromatic nitrogens is 3. The zero-order chi connectivity index (χ0) is 18.4. The van der Waals surface area contributed by atoms with Crippen molar-refractivity contribution in [2.45, 2.75) is 24.5 Å². The molecule has 2 aromatic heterocycles. The van der Waals surface area contributed by atoms with E-state index in [-0.39, 0.29) is 17.5 Å². The smallest absolute Gasteiger partial charge is 0.271 e. The third-order valence-electron chi connectivity index (χ3n) is 5.43. The number of fused-ring (bicyclic) bond motifs is 2. The van der Waals surface area contributed by atoms with Crippen LogP contribution >= 0.6 is 22.9 Å². The molecule has 1 N–H and O–H groups in total. The topological polar surface area (TPSA) is 63.1 Å². The van der Waals surface area contributed by atoms with Gasteiger partial charge in [0.15, 0.2) is 0 Å². The molecule has 1 fully saturated rings. The number of hydrogen-bond donors (Lipinski definition) is 1. The number of benzene rings is 1. The number of rotatable bonds is 4. The van der Waals surface area contributed by atoms with Gasteiger partial charge < -0.3 is 9.88 Å². The lowest BCUT2D eigenvalue weighted by Gasteiger charge is -2.49. The van der Waals surface area contributed by atoms with Crippen LogP contribution in [0, 0.1) is 0 Å². The van der Waals surface area contributed by atoms with E-state index in [9.17, 15) is 4.79 Å². The molecule has 138 valence electrons. The van der Waals surface area contributed by atoms with Gasteiger partial charge in [0.25, 0.3) is 5.91 Å². The Balaban J connectivity index is 1.30. The number of nitrogens with one attached hydrogen (secondary N) is 1. The molecule has 27 heavy (non-hydrogen) atoms. The lowest BCUT2D eigenvalue weighted by Crippen LogP contribution is -2.60. The average molecular weight is 400 g/mol. The number of carbonyl (C=O) groups excluding carboxylic acids is 1. The van der Waals surface area contributed by atoms with Crippen LogP contribution in [0.3, 0.4) is 0 Å². The zero-order valence-corrected chi connectivity index (χ0v) is 16.1. The van der Waals surface area contributed by atoms with Crippen LogP contribution < -0.4 is 5.32 Å². The van der Waals surface area contributed by atoms with Crippen molar-refractivity contribution in [3.63, 3.8) is 0 Å². The Morgan fingerprint density at radius 1 is 1.33 bits per heavy atom. The van der Waals surface area contributed by atoms with Gasteiger partial charge in [0.1, 0.15) is 11.5 Å². The lowest BCUT2D eigenvalue weighted by molar-refractivity contribution is 0.00753. The maximum atomic E-state index is 12.4. The summed E-state index contributed by atoms with van der Waals surface area (Å²) in [5.41, 5.74) is 3.27. The van der Waals surface area contributed by atoms with Crippen LogP contribution in [0.25, 0.3) is 0 Å². The van der Waals surface area contributed by atoms with Crippen molar-refractivity contribution in [2.75, 3.05) is 13.1 Å². The minimum atomic E-state index is -0.139. The molecular weight excluding hydrogens is 382 g/mol. The molecule has 6 nitrogen and oxygen atoms in total. The Labute approximate surface area is 165 Å². The SMILES string of the molecule is O=C(NC1CC2(CN(Cc3ccccc3Cl)C2)n2ccnc21)c1cscn1. The molecule has 3 aromatic rings. The monoisotopic (exact) mass is 399 g/mol. The molecule has 8 heteroatoms. The molecule has 2 aliphatic rings. The molecule has 1 amide bonds. The average Bonchev–Trinajstić information content (AvgIpc) is 3.35. The van der Waals surface area contributed by atoms with Crippen molar-refractivity contribution < 1.29 is 4.79 Å². The van der Waals surface area contributed by atoms with E-state index in [0.717, 1.165) is 42.5 Å². The maximum absolute atomic E-state index is 12.4. The predicted octanol–water partition coefficient (Wildman–Crippen LogP) is 3.08. The number of nitrogens with zero attached hydrogens (tertiary/aromatic N) is 4. The van der Waals surface area contributed by atoms with Gasteiger partial charge in [0.05, 0.1) is 17.1 Å². The van der Waals surface area contributed by atoms with Crippen LogP contribution in [0.15, 0.2) is 47.5 Å². The van der Waals surface area contributed by atoms with Gasteiger partial charge in [-0.15, -0.1) is 11.3 Å². The number of thiazole rings is 1. The number of likely N-dealkylation sites (tertiary alicyclic amines) is 1. The number of imidazole rings is 1. The van der Waals surface area contributed by atoms with Crippen LogP contribution in [0.4, 0.5) is 0 Å². The highest BCUT2D eigenvalue weighted by molar-refractivity contribution is 7.07. The van der Waals surface area contributed by atoms with E-state index in [2.05, 4.69) is 30.8 Å². The van der Waals surface area contributed by atoms with Gasteiger partial charge in [-0.3, -0.25) is 9.69 Å². The Kier molecular flexibility index (Phi) is 4.03. The summed E-state index contributed by atoms with van der Waals surface area (Å²) in [6, 6.07) is 7.89. The molecule has 1 aromatic carbocycles. The van der Waals surface area contributed by atoms with Crippen molar-refractivity contribution in [1.29, 1.82) is 0 Å². The standard InChI is InChI=1S/C19H18ClN5OS/c20-14-4-2-1-3-13(14)8-24-10-19(11-24)7-15(17-21-5-6-25(17)19)23-18(26)16-9-27-12-22-16/h1-6,9,12,15H,7-8,10-11H2,(H,23,26). The molecule has 5 rings (SSSR count). The largest absolute Gasteiger partial charge is 0.341 e. The van der Waals surface area contributed by atoms with Crippen LogP contribution in [0.2, 0.25) is 5.02 Å². The predicted molar refractivity (Wildman–Crippen MR) is 104 cm³/mol. The molecule has 1 saturated heterocycles. The number of carbonyl (C=O) groups is 1. The van der Waals surface area contributed by atoms with Crippen LogP contribution in [-0.4, -0.2) is 38.4 Å². The normalized spacial score (nSPS) is 20.4. The summed E-state index contributed by atoms with van der Waals surface area (Å²) in [5, 5.41) is 5.68. The summed E-state index contributed by atoms with van der Waals surface area (Å²) in [6.45, 7) is 2.68. The molecule has 1 atom stereocenters. The van der Waals surface area contributed by atoms with E-state index in [4.69, 9.17) is 11.6 Å². The van der Waals surface area contributed by atoms with E-state index in [1.165, 1.54) is 11.3 Å². The van der Waals surface area contributed by atoms with E-state index in [0.29, 0.717) is 5.69 Å². The summed E-state index contributed by atoms with van der Waals surface area (Å²) < 4.78 is 2.24. The zero-order valence-electron chi connectivity index (χ0n) is 14.5. The Hall–Kier alpha value is -2.22. The molecule has 2 aliphatic heterocycles. The first-order valence-corrected chi connectivity index (χ1v) is 10.2. The van der Waals surface area contributed by atoms with Gasteiger partial charge >= 0.3 is 0 Å². The molecule has 0 bridgehead atoms. The van der Waals surface area contributed by atoms with E-state index >= 15 is 0 Å². The summed E-state index contributed by atoms with van der Waals surface area (Å²) >= 11 is 7.72. The van der Waals surface area contributed by atoms with Crippen molar-refractivity contribution in [2.24, 2.45) is 0 Å². The number of amides is 1. The van der Waals surface area contributed by atoms with Gasteiger partial charge in [-0.1, -0.05) is 29.8 Å². The quantitative estimate of drug-likeness (QED) is 0.732. The van der Waals surface area contributed by atoms with Crippen molar-refractivity contribution in [1.82, 2.24) is 24.8 Å². The van der Waals surface area contributed by atoms with Gasteiger partial charge in [-0.05, 0) is 11.6 Å². The van der Waals surface area contributed by atoms with Crippen molar-refractivity contribution >= 4 is 28.8 Å². The second-order valence-electron chi connectivity index (χ2n) is 7.22. The lowest BCUT2D eigenvalue weighted by atomic mass is 9.85. The molecular formula is C19H18ClN5OS. The van der Waals surface area contributed by atoms with Crippen LogP contribution in [0.5, 0.6) is 0 Å². The van der Waals surface area contributed by atoms with Crippen LogP contribution in [-0.2, 0) is 12.1 Å². The van der Waals surface area contributed by atoms with E-state index < -0.39 is 0 Å². The van der Waals surface area contributed by atoms with Gasteiger partial charge in [-0.25, -0.2) is 9.97 Å². The number of hydrogen-bond acceptors (Lipinski definition) is 5. The molecule has 1 unspecified atom stereocenters. The third-order valence-corrected chi connectivity index (χ3v) is 6.39. The fraction of sp³-hybridized carbons (Fsp3) is 0.316. The molecule has 1 spiro atoms. The first kappa shape index (κ1) is 16.9. The summed E-state index contributed by atoms with van der Waals surface area (Å²) in [6.07, 6.45) is 4.69. The molecule has 0 aliphatic carbocycles. The second-order valence-corrected chi connectivity index (χ2v) is 8.35. The fourth-order valence-electron chi connectivity index (χ4n) is 4.26. The summed E-state index contributed by atoms with van der Waals surface area (Å²) in [7, 11) is 0. The fourth-order valence-corrected chi connectivity index (χ4v) is 4.99.